The molecule has 0 bridgehead atoms. The molecule has 0 unspecified atom stereocenters. The van der Waals surface area contributed by atoms with Crippen molar-refractivity contribution >= 4 is 0 Å². The Morgan fingerprint density at radius 2 is 2.42 bits per heavy atom. The van der Waals surface area contributed by atoms with Crippen molar-refractivity contribution in [2.45, 2.75) is 6.04 Å². The molecule has 1 aliphatic heterocycles. The molecule has 2 N–H and O–H groups in total. The molecule has 0 aromatic heterocycles. The maximum absolute atomic E-state index is 5.79. The Bertz CT molecular complexity index is 299. The van der Waals surface area contributed by atoms with Gasteiger partial charge in [-0.3, -0.25) is 0 Å². The number of methoxy groups -OCH3 is 1. The largest absolute Gasteiger partial charge is 0.497 e. The Kier molecular flexibility index (Phi) is 1.66. The van der Waals surface area contributed by atoms with Gasteiger partial charge in [0, 0.05) is 5.56 Å². The topological polar surface area (TPSA) is 44.5 Å². The number of fused-ring (bicyclic) bond motifs is 1. The van der Waals surface area contributed by atoms with Gasteiger partial charge in [0.2, 0.25) is 0 Å². The summed E-state index contributed by atoms with van der Waals surface area (Å²) < 4.78 is 10.4. The van der Waals surface area contributed by atoms with Crippen LogP contribution in [-0.2, 0) is 0 Å². The van der Waals surface area contributed by atoms with Gasteiger partial charge in [-0.05, 0) is 18.2 Å². The third-order valence-electron chi connectivity index (χ3n) is 2.03. The van der Waals surface area contributed by atoms with Crippen molar-refractivity contribution in [1.29, 1.82) is 0 Å². The van der Waals surface area contributed by atoms with Crippen LogP contribution in [0.1, 0.15) is 11.6 Å². The Balaban J connectivity index is 2.43. The van der Waals surface area contributed by atoms with E-state index in [0.29, 0.717) is 6.61 Å². The molecule has 0 radical (unpaired) electrons. The molecular formula is C9H11NO2. The summed E-state index contributed by atoms with van der Waals surface area (Å²) in [6, 6.07) is 5.68. The third kappa shape index (κ3) is 1.02. The molecule has 64 valence electrons. The van der Waals surface area contributed by atoms with E-state index in [2.05, 4.69) is 0 Å². The van der Waals surface area contributed by atoms with E-state index in [4.69, 9.17) is 15.2 Å². The van der Waals surface area contributed by atoms with Crippen LogP contribution in [0.2, 0.25) is 0 Å². The van der Waals surface area contributed by atoms with E-state index in [9.17, 15) is 0 Å². The van der Waals surface area contributed by atoms with E-state index < -0.39 is 0 Å². The molecule has 0 saturated carbocycles. The Hall–Kier alpha value is -1.22. The molecular weight excluding hydrogens is 154 g/mol. The molecule has 0 saturated heterocycles. The predicted octanol–water partition coefficient (Wildman–Crippen LogP) is 1.09. The molecule has 1 aromatic rings. The summed E-state index contributed by atoms with van der Waals surface area (Å²) in [6.45, 7) is 0.572. The first-order valence-electron chi connectivity index (χ1n) is 3.87. The second-order valence-corrected chi connectivity index (χ2v) is 2.82. The monoisotopic (exact) mass is 165 g/mol. The van der Waals surface area contributed by atoms with Crippen LogP contribution in [0.25, 0.3) is 0 Å². The fourth-order valence-corrected chi connectivity index (χ4v) is 1.34. The number of hydrogen-bond donors (Lipinski definition) is 1. The highest BCUT2D eigenvalue weighted by Crippen LogP contribution is 2.33. The summed E-state index contributed by atoms with van der Waals surface area (Å²) in [5.41, 5.74) is 6.83. The maximum Gasteiger partial charge on any atom is 0.124 e. The van der Waals surface area contributed by atoms with Gasteiger partial charge in [0.15, 0.2) is 0 Å². The molecule has 1 heterocycles. The van der Waals surface area contributed by atoms with E-state index in [1.807, 2.05) is 18.2 Å². The van der Waals surface area contributed by atoms with Crippen molar-refractivity contribution < 1.29 is 9.47 Å². The molecule has 1 aliphatic rings. The van der Waals surface area contributed by atoms with Crippen molar-refractivity contribution in [2.75, 3.05) is 13.7 Å². The highest BCUT2D eigenvalue weighted by atomic mass is 16.5. The van der Waals surface area contributed by atoms with Crippen molar-refractivity contribution in [2.24, 2.45) is 5.73 Å². The summed E-state index contributed by atoms with van der Waals surface area (Å²) >= 11 is 0. The number of nitrogens with two attached hydrogens (primary N) is 1. The summed E-state index contributed by atoms with van der Waals surface area (Å²) in [6.07, 6.45) is 0. The lowest BCUT2D eigenvalue weighted by atomic mass is 10.1. The van der Waals surface area contributed by atoms with E-state index in [1.54, 1.807) is 7.11 Å². The molecule has 0 amide bonds. The molecule has 2 rings (SSSR count). The van der Waals surface area contributed by atoms with Crippen LogP contribution in [0.4, 0.5) is 0 Å². The Morgan fingerprint density at radius 1 is 1.58 bits per heavy atom. The molecule has 3 heteroatoms. The SMILES string of the molecule is COc1ccc2c(c1)[C@H](N)CO2. The van der Waals surface area contributed by atoms with Crippen LogP contribution >= 0.6 is 0 Å². The van der Waals surface area contributed by atoms with Gasteiger partial charge >= 0.3 is 0 Å². The molecule has 0 fully saturated rings. The number of ether oxygens (including phenoxy) is 2. The molecule has 1 aromatic carbocycles. The normalized spacial score (nSPS) is 20.0. The zero-order valence-electron chi connectivity index (χ0n) is 6.91. The lowest BCUT2D eigenvalue weighted by Gasteiger charge is -2.03. The fraction of sp³-hybridized carbons (Fsp3) is 0.333. The minimum absolute atomic E-state index is 0.00454. The van der Waals surface area contributed by atoms with Gasteiger partial charge in [-0.1, -0.05) is 0 Å². The van der Waals surface area contributed by atoms with E-state index in [1.165, 1.54) is 0 Å². The van der Waals surface area contributed by atoms with Gasteiger partial charge in [-0.2, -0.15) is 0 Å². The minimum Gasteiger partial charge on any atom is -0.497 e. The van der Waals surface area contributed by atoms with Crippen LogP contribution in [0.5, 0.6) is 11.5 Å². The average Bonchev–Trinajstić information content (AvgIpc) is 2.47. The fourth-order valence-electron chi connectivity index (χ4n) is 1.34. The molecule has 1 atom stereocenters. The Morgan fingerprint density at radius 3 is 3.17 bits per heavy atom. The van der Waals surface area contributed by atoms with Crippen LogP contribution in [0.15, 0.2) is 18.2 Å². The summed E-state index contributed by atoms with van der Waals surface area (Å²) in [4.78, 5) is 0. The van der Waals surface area contributed by atoms with Gasteiger partial charge in [-0.15, -0.1) is 0 Å². The van der Waals surface area contributed by atoms with Gasteiger partial charge in [0.05, 0.1) is 13.2 Å². The number of hydrogen-bond acceptors (Lipinski definition) is 3. The summed E-state index contributed by atoms with van der Waals surface area (Å²) in [7, 11) is 1.64. The molecule has 12 heavy (non-hydrogen) atoms. The van der Waals surface area contributed by atoms with E-state index in [-0.39, 0.29) is 6.04 Å². The number of rotatable bonds is 1. The first-order valence-corrected chi connectivity index (χ1v) is 3.87. The number of benzene rings is 1. The average molecular weight is 165 g/mol. The van der Waals surface area contributed by atoms with Crippen molar-refractivity contribution in [3.63, 3.8) is 0 Å². The van der Waals surface area contributed by atoms with E-state index >= 15 is 0 Å². The van der Waals surface area contributed by atoms with Crippen LogP contribution < -0.4 is 15.2 Å². The highest BCUT2D eigenvalue weighted by molar-refractivity contribution is 5.44. The third-order valence-corrected chi connectivity index (χ3v) is 2.03. The van der Waals surface area contributed by atoms with Crippen LogP contribution in [-0.4, -0.2) is 13.7 Å². The summed E-state index contributed by atoms with van der Waals surface area (Å²) in [5, 5.41) is 0. The van der Waals surface area contributed by atoms with Crippen LogP contribution in [0, 0.1) is 0 Å². The zero-order chi connectivity index (χ0) is 8.55. The zero-order valence-corrected chi connectivity index (χ0v) is 6.91. The minimum atomic E-state index is -0.00454. The van der Waals surface area contributed by atoms with Crippen LogP contribution in [0.3, 0.4) is 0 Å². The first kappa shape index (κ1) is 7.43. The smallest absolute Gasteiger partial charge is 0.124 e. The highest BCUT2D eigenvalue weighted by Gasteiger charge is 2.20. The van der Waals surface area contributed by atoms with Gasteiger partial charge < -0.3 is 15.2 Å². The predicted molar refractivity (Wildman–Crippen MR) is 45.4 cm³/mol. The first-order chi connectivity index (χ1) is 5.81. The van der Waals surface area contributed by atoms with Gasteiger partial charge in [0.1, 0.15) is 18.1 Å². The Labute approximate surface area is 71.1 Å². The maximum atomic E-state index is 5.79. The van der Waals surface area contributed by atoms with Crippen molar-refractivity contribution in [3.05, 3.63) is 23.8 Å². The molecule has 0 spiro atoms. The van der Waals surface area contributed by atoms with Crippen molar-refractivity contribution in [1.82, 2.24) is 0 Å². The quantitative estimate of drug-likeness (QED) is 0.677. The van der Waals surface area contributed by atoms with Gasteiger partial charge in [0.25, 0.3) is 0 Å². The summed E-state index contributed by atoms with van der Waals surface area (Å²) in [5.74, 6) is 1.71. The van der Waals surface area contributed by atoms with Crippen molar-refractivity contribution in [3.8, 4) is 11.5 Å². The second-order valence-electron chi connectivity index (χ2n) is 2.82. The molecule has 3 nitrogen and oxygen atoms in total. The lowest BCUT2D eigenvalue weighted by Crippen LogP contribution is -2.10. The van der Waals surface area contributed by atoms with E-state index in [0.717, 1.165) is 17.1 Å². The lowest BCUT2D eigenvalue weighted by molar-refractivity contribution is 0.333. The van der Waals surface area contributed by atoms with Gasteiger partial charge in [-0.25, -0.2) is 0 Å². The second kappa shape index (κ2) is 2.68. The standard InChI is InChI=1S/C9H11NO2/c1-11-6-2-3-9-7(4-6)8(10)5-12-9/h2-4,8H,5,10H2,1H3/t8-/m1/s1. The molecule has 0 aliphatic carbocycles.